The minimum absolute atomic E-state index is 0.181. The van der Waals surface area contributed by atoms with Gasteiger partial charge in [0.25, 0.3) is 5.91 Å². The summed E-state index contributed by atoms with van der Waals surface area (Å²) in [7, 11) is 0. The van der Waals surface area contributed by atoms with Crippen molar-refractivity contribution in [3.05, 3.63) is 107 Å². The zero-order valence-corrected chi connectivity index (χ0v) is 24.1. The van der Waals surface area contributed by atoms with Gasteiger partial charge in [-0.1, -0.05) is 67.6 Å². The summed E-state index contributed by atoms with van der Waals surface area (Å²) >= 11 is 3.29. The van der Waals surface area contributed by atoms with Gasteiger partial charge in [0.1, 0.15) is 0 Å². The lowest BCUT2D eigenvalue weighted by molar-refractivity contribution is -0.113. The number of rotatable bonds is 7. The second-order valence-electron chi connectivity index (χ2n) is 9.73. The highest BCUT2D eigenvalue weighted by Crippen LogP contribution is 2.34. The summed E-state index contributed by atoms with van der Waals surface area (Å²) in [5.41, 5.74) is 5.07. The van der Waals surface area contributed by atoms with Crippen LogP contribution in [0.3, 0.4) is 0 Å². The van der Waals surface area contributed by atoms with Crippen molar-refractivity contribution in [2.24, 2.45) is 4.99 Å². The molecule has 6 nitrogen and oxygen atoms in total. The van der Waals surface area contributed by atoms with Gasteiger partial charge in [0.05, 0.1) is 16.3 Å². The third-order valence-electron chi connectivity index (χ3n) is 6.99. The number of benzene rings is 3. The normalized spacial score (nSPS) is 17.0. The fourth-order valence-corrected chi connectivity index (χ4v) is 6.54. The van der Waals surface area contributed by atoms with E-state index in [9.17, 15) is 4.79 Å². The third kappa shape index (κ3) is 6.09. The van der Waals surface area contributed by atoms with Crippen molar-refractivity contribution in [1.29, 1.82) is 0 Å². The van der Waals surface area contributed by atoms with Gasteiger partial charge in [-0.25, -0.2) is 4.68 Å². The Kier molecular flexibility index (Phi) is 8.18. The zero-order valence-electron chi connectivity index (χ0n) is 22.4. The molecule has 1 saturated heterocycles. The third-order valence-corrected chi connectivity index (χ3v) is 8.93. The van der Waals surface area contributed by atoms with E-state index in [1.807, 2.05) is 59.0 Å². The number of nitrogens with zero attached hydrogens (tertiary/aromatic N) is 5. The van der Waals surface area contributed by atoms with Crippen LogP contribution < -0.4 is 0 Å². The number of aromatic nitrogens is 2. The molecule has 0 atom stereocenters. The molecule has 40 heavy (non-hydrogen) atoms. The van der Waals surface area contributed by atoms with E-state index >= 15 is 0 Å². The van der Waals surface area contributed by atoms with Gasteiger partial charge in [-0.15, -0.1) is 11.8 Å². The molecule has 6 rings (SSSR count). The molecule has 0 bridgehead atoms. The van der Waals surface area contributed by atoms with Crippen LogP contribution in [0.2, 0.25) is 0 Å². The molecule has 0 unspecified atom stereocenters. The Bertz CT molecular complexity index is 1520. The fourth-order valence-electron chi connectivity index (χ4n) is 4.92. The lowest BCUT2D eigenvalue weighted by Crippen LogP contribution is -2.47. The summed E-state index contributed by atoms with van der Waals surface area (Å²) in [5, 5.41) is 5.74. The van der Waals surface area contributed by atoms with Crippen molar-refractivity contribution in [2.45, 2.75) is 18.4 Å². The lowest BCUT2D eigenvalue weighted by atomic mass is 10.1. The van der Waals surface area contributed by atoms with Gasteiger partial charge in [-0.05, 0) is 53.4 Å². The highest BCUT2D eigenvalue weighted by atomic mass is 32.2. The van der Waals surface area contributed by atoms with Crippen LogP contribution in [0.5, 0.6) is 0 Å². The van der Waals surface area contributed by atoms with Crippen molar-refractivity contribution in [2.75, 3.05) is 31.9 Å². The zero-order chi connectivity index (χ0) is 27.3. The molecule has 0 spiro atoms. The first-order valence-electron chi connectivity index (χ1n) is 13.6. The summed E-state index contributed by atoms with van der Waals surface area (Å²) in [6, 6.07) is 29.1. The molecule has 202 valence electrons. The molecule has 1 fully saturated rings. The SMILES string of the molecule is CCSc1ccc(-c2nn(-c3ccccc3)cc2/C=C2\SC(N3CCN(Cc4ccccc4)CC3)=NC2=O)cc1. The Labute approximate surface area is 243 Å². The number of aliphatic imine (C=N–C) groups is 1. The Hall–Kier alpha value is -3.59. The van der Waals surface area contributed by atoms with E-state index < -0.39 is 0 Å². The van der Waals surface area contributed by atoms with Crippen LogP contribution in [0.1, 0.15) is 18.1 Å². The molecule has 0 radical (unpaired) electrons. The first kappa shape index (κ1) is 26.6. The summed E-state index contributed by atoms with van der Waals surface area (Å²) in [6.45, 7) is 6.72. The van der Waals surface area contributed by atoms with Crippen LogP contribution in [0.15, 0.2) is 106 Å². The number of carbonyl (C=O) groups is 1. The first-order chi connectivity index (χ1) is 19.7. The number of piperazine rings is 1. The molecule has 0 N–H and O–H groups in total. The van der Waals surface area contributed by atoms with Crippen molar-refractivity contribution in [1.82, 2.24) is 19.6 Å². The summed E-state index contributed by atoms with van der Waals surface area (Å²) < 4.78 is 1.88. The quantitative estimate of drug-likeness (QED) is 0.190. The number of thioether (sulfide) groups is 2. The van der Waals surface area contributed by atoms with Crippen LogP contribution in [-0.4, -0.2) is 62.6 Å². The lowest BCUT2D eigenvalue weighted by Gasteiger charge is -2.35. The maximum absolute atomic E-state index is 13.0. The number of amides is 1. The van der Waals surface area contributed by atoms with E-state index in [0.717, 1.165) is 66.2 Å². The van der Waals surface area contributed by atoms with E-state index in [4.69, 9.17) is 5.10 Å². The molecule has 1 aromatic heterocycles. The molecule has 4 aromatic rings. The summed E-state index contributed by atoms with van der Waals surface area (Å²) in [5.74, 6) is 0.850. The molecule has 0 aliphatic carbocycles. The van der Waals surface area contributed by atoms with Crippen LogP contribution in [-0.2, 0) is 11.3 Å². The second kappa shape index (κ2) is 12.3. The molecule has 2 aliphatic heterocycles. The average Bonchev–Trinajstić information content (AvgIpc) is 3.59. The maximum atomic E-state index is 13.0. The second-order valence-corrected chi connectivity index (χ2v) is 12.1. The van der Waals surface area contributed by atoms with Crippen molar-refractivity contribution in [3.63, 3.8) is 0 Å². The number of para-hydroxylation sites is 1. The Balaban J connectivity index is 1.20. The molecular formula is C32H31N5OS2. The highest BCUT2D eigenvalue weighted by Gasteiger charge is 2.29. The number of amidine groups is 1. The topological polar surface area (TPSA) is 53.7 Å². The van der Waals surface area contributed by atoms with Crippen LogP contribution in [0.4, 0.5) is 0 Å². The van der Waals surface area contributed by atoms with Gasteiger partial charge in [0.2, 0.25) is 0 Å². The van der Waals surface area contributed by atoms with Gasteiger partial charge in [0.15, 0.2) is 5.17 Å². The van der Waals surface area contributed by atoms with Gasteiger partial charge < -0.3 is 4.90 Å². The smallest absolute Gasteiger partial charge is 0.286 e. The predicted molar refractivity (Wildman–Crippen MR) is 167 cm³/mol. The summed E-state index contributed by atoms with van der Waals surface area (Å²) in [6.07, 6.45) is 3.95. The number of hydrogen-bond donors (Lipinski definition) is 0. The van der Waals surface area contributed by atoms with E-state index in [1.165, 1.54) is 22.2 Å². The van der Waals surface area contributed by atoms with E-state index in [1.54, 1.807) is 0 Å². The van der Waals surface area contributed by atoms with Gasteiger partial charge in [-0.3, -0.25) is 9.69 Å². The molecule has 1 amide bonds. The monoisotopic (exact) mass is 565 g/mol. The summed E-state index contributed by atoms with van der Waals surface area (Å²) in [4.78, 5) is 24.0. The first-order valence-corrected chi connectivity index (χ1v) is 15.4. The van der Waals surface area contributed by atoms with E-state index in [2.05, 4.69) is 76.3 Å². The van der Waals surface area contributed by atoms with E-state index in [-0.39, 0.29) is 5.91 Å². The predicted octanol–water partition coefficient (Wildman–Crippen LogP) is 6.44. The minimum atomic E-state index is -0.181. The maximum Gasteiger partial charge on any atom is 0.286 e. The molecule has 3 aromatic carbocycles. The average molecular weight is 566 g/mol. The van der Waals surface area contributed by atoms with E-state index in [0.29, 0.717) is 4.91 Å². The van der Waals surface area contributed by atoms with Gasteiger partial charge in [-0.2, -0.15) is 10.1 Å². The molecule has 8 heteroatoms. The van der Waals surface area contributed by atoms with Gasteiger partial charge in [0, 0.05) is 54.9 Å². The fraction of sp³-hybridized carbons (Fsp3) is 0.219. The Morgan fingerprint density at radius 2 is 1.60 bits per heavy atom. The Morgan fingerprint density at radius 3 is 2.30 bits per heavy atom. The van der Waals surface area contributed by atoms with Gasteiger partial charge >= 0.3 is 0 Å². The largest absolute Gasteiger partial charge is 0.348 e. The van der Waals surface area contributed by atoms with Crippen molar-refractivity contribution < 1.29 is 4.79 Å². The van der Waals surface area contributed by atoms with Crippen LogP contribution >= 0.6 is 23.5 Å². The van der Waals surface area contributed by atoms with Crippen LogP contribution in [0, 0.1) is 0 Å². The minimum Gasteiger partial charge on any atom is -0.348 e. The highest BCUT2D eigenvalue weighted by molar-refractivity contribution is 8.18. The van der Waals surface area contributed by atoms with Crippen molar-refractivity contribution in [3.8, 4) is 16.9 Å². The molecule has 0 saturated carbocycles. The molecule has 2 aliphatic rings. The molecular weight excluding hydrogens is 535 g/mol. The number of carbonyl (C=O) groups excluding carboxylic acids is 1. The van der Waals surface area contributed by atoms with Crippen LogP contribution in [0.25, 0.3) is 23.0 Å². The van der Waals surface area contributed by atoms with Crippen molar-refractivity contribution >= 4 is 40.7 Å². The number of hydrogen-bond acceptors (Lipinski definition) is 6. The standard InChI is InChI=1S/C32H31N5OS2/c1-2-39-28-15-13-25(14-16-28)30-26(23-37(34-30)27-11-7-4-8-12-27)21-29-31(38)33-32(40-29)36-19-17-35(18-20-36)22-24-9-5-3-6-10-24/h3-16,21,23H,2,17-20,22H2,1H3/b29-21-. The molecule has 3 heterocycles. The Morgan fingerprint density at radius 1 is 0.900 bits per heavy atom.